The summed E-state index contributed by atoms with van der Waals surface area (Å²) in [5.41, 5.74) is 8.90. The van der Waals surface area contributed by atoms with Gasteiger partial charge in [0.2, 0.25) is 0 Å². The summed E-state index contributed by atoms with van der Waals surface area (Å²) in [5.74, 6) is 0.778. The second-order valence-electron chi connectivity index (χ2n) is 4.88. The maximum absolute atomic E-state index is 6.18. The molecule has 1 saturated carbocycles. The fourth-order valence-corrected chi connectivity index (χ4v) is 2.18. The van der Waals surface area contributed by atoms with E-state index >= 15 is 0 Å². The van der Waals surface area contributed by atoms with Gasteiger partial charge in [-0.3, -0.25) is 0 Å². The second kappa shape index (κ2) is 4.14. The summed E-state index contributed by atoms with van der Waals surface area (Å²) < 4.78 is 1.06. The molecule has 0 spiro atoms. The predicted octanol–water partition coefficient (Wildman–Crippen LogP) is 3.16. The Hall–Kier alpha value is -1.26. The van der Waals surface area contributed by atoms with Gasteiger partial charge in [-0.15, -0.1) is 0 Å². The van der Waals surface area contributed by atoms with Gasteiger partial charge in [0.05, 0.1) is 11.2 Å². The van der Waals surface area contributed by atoms with Crippen molar-refractivity contribution in [1.29, 1.82) is 0 Å². The lowest BCUT2D eigenvalue weighted by Gasteiger charge is -2.10. The number of nitrogens with two attached hydrogens (primary N) is 1. The summed E-state index contributed by atoms with van der Waals surface area (Å²) >= 11 is 3.44. The van der Waals surface area contributed by atoms with Gasteiger partial charge in [-0.25, -0.2) is 9.97 Å². The van der Waals surface area contributed by atoms with Crippen molar-refractivity contribution in [3.05, 3.63) is 46.3 Å². The number of nitrogens with zero attached hydrogens (tertiary/aromatic N) is 2. The van der Waals surface area contributed by atoms with Crippen LogP contribution in [0.2, 0.25) is 0 Å². The van der Waals surface area contributed by atoms with Crippen LogP contribution in [0.3, 0.4) is 0 Å². The molecule has 0 unspecified atom stereocenters. The minimum atomic E-state index is -0.282. The predicted molar refractivity (Wildman–Crippen MR) is 75.0 cm³/mol. The van der Waals surface area contributed by atoms with E-state index in [0.29, 0.717) is 0 Å². The van der Waals surface area contributed by atoms with Crippen LogP contribution in [0.25, 0.3) is 11.3 Å². The molecule has 3 nitrogen and oxygen atoms in total. The number of halogens is 1. The highest BCUT2D eigenvalue weighted by Crippen LogP contribution is 2.41. The molecule has 1 fully saturated rings. The molecule has 0 bridgehead atoms. The molecule has 2 N–H and O–H groups in total. The molecule has 3 rings (SSSR count). The number of aromatic nitrogens is 2. The number of aryl methyl sites for hydroxylation is 1. The van der Waals surface area contributed by atoms with Gasteiger partial charge in [-0.1, -0.05) is 28.1 Å². The highest BCUT2D eigenvalue weighted by Gasteiger charge is 2.43. The highest BCUT2D eigenvalue weighted by molar-refractivity contribution is 9.10. The maximum atomic E-state index is 6.18. The SMILES string of the molecule is Cc1cc(-c2ccc(Br)cc2)nc(C2(N)CC2)n1. The van der Waals surface area contributed by atoms with Crippen molar-refractivity contribution in [2.75, 3.05) is 0 Å². The zero-order valence-electron chi connectivity index (χ0n) is 10.2. The van der Waals surface area contributed by atoms with Gasteiger partial charge >= 0.3 is 0 Å². The molecular formula is C14H14BrN3. The Bertz CT molecular complexity index is 588. The Morgan fingerprint density at radius 2 is 1.83 bits per heavy atom. The molecule has 1 aromatic carbocycles. The van der Waals surface area contributed by atoms with Crippen molar-refractivity contribution in [2.45, 2.75) is 25.3 Å². The second-order valence-corrected chi connectivity index (χ2v) is 5.80. The lowest BCUT2D eigenvalue weighted by Crippen LogP contribution is -2.22. The van der Waals surface area contributed by atoms with E-state index < -0.39 is 0 Å². The van der Waals surface area contributed by atoms with Crippen molar-refractivity contribution in [3.63, 3.8) is 0 Å². The summed E-state index contributed by atoms with van der Waals surface area (Å²) in [6.45, 7) is 1.99. The van der Waals surface area contributed by atoms with Crippen molar-refractivity contribution in [1.82, 2.24) is 9.97 Å². The number of benzene rings is 1. The zero-order valence-corrected chi connectivity index (χ0v) is 11.7. The zero-order chi connectivity index (χ0) is 12.8. The summed E-state index contributed by atoms with van der Waals surface area (Å²) in [5, 5.41) is 0. The van der Waals surface area contributed by atoms with Crippen molar-refractivity contribution >= 4 is 15.9 Å². The Kier molecular flexibility index (Phi) is 2.72. The monoisotopic (exact) mass is 303 g/mol. The summed E-state index contributed by atoms with van der Waals surface area (Å²) in [6.07, 6.45) is 1.96. The van der Waals surface area contributed by atoms with Gasteiger partial charge in [-0.2, -0.15) is 0 Å². The molecule has 1 heterocycles. The molecular weight excluding hydrogens is 290 g/mol. The number of rotatable bonds is 2. The Labute approximate surface area is 115 Å². The van der Waals surface area contributed by atoms with Crippen LogP contribution < -0.4 is 5.73 Å². The first-order valence-electron chi connectivity index (χ1n) is 5.98. The summed E-state index contributed by atoms with van der Waals surface area (Å²) in [6, 6.07) is 10.1. The van der Waals surface area contributed by atoms with E-state index in [9.17, 15) is 0 Å². The van der Waals surface area contributed by atoms with E-state index in [4.69, 9.17) is 5.73 Å². The lowest BCUT2D eigenvalue weighted by molar-refractivity contribution is 0.669. The maximum Gasteiger partial charge on any atom is 0.149 e. The third-order valence-corrected chi connectivity index (χ3v) is 3.76. The topological polar surface area (TPSA) is 51.8 Å². The van der Waals surface area contributed by atoms with E-state index in [0.717, 1.165) is 40.1 Å². The quantitative estimate of drug-likeness (QED) is 0.927. The van der Waals surface area contributed by atoms with Crippen LogP contribution in [0.15, 0.2) is 34.8 Å². The fraction of sp³-hybridized carbons (Fsp3) is 0.286. The van der Waals surface area contributed by atoms with Gasteiger partial charge in [-0.05, 0) is 38.0 Å². The van der Waals surface area contributed by atoms with Gasteiger partial charge in [0.15, 0.2) is 0 Å². The lowest BCUT2D eigenvalue weighted by atomic mass is 10.1. The Morgan fingerprint density at radius 3 is 2.44 bits per heavy atom. The van der Waals surface area contributed by atoms with Crippen LogP contribution >= 0.6 is 15.9 Å². The molecule has 0 amide bonds. The van der Waals surface area contributed by atoms with Crippen molar-refractivity contribution in [3.8, 4) is 11.3 Å². The number of hydrogen-bond donors (Lipinski definition) is 1. The molecule has 92 valence electrons. The van der Waals surface area contributed by atoms with Crippen LogP contribution in [0, 0.1) is 6.92 Å². The van der Waals surface area contributed by atoms with E-state index in [2.05, 4.69) is 25.9 Å². The fourth-order valence-electron chi connectivity index (χ4n) is 1.92. The van der Waals surface area contributed by atoms with Crippen molar-refractivity contribution in [2.24, 2.45) is 5.73 Å². The Balaban J connectivity index is 2.06. The first kappa shape index (κ1) is 11.8. The van der Waals surface area contributed by atoms with Crippen LogP contribution in [0.1, 0.15) is 24.4 Å². The van der Waals surface area contributed by atoms with E-state index in [-0.39, 0.29) is 5.54 Å². The minimum Gasteiger partial charge on any atom is -0.319 e. The Morgan fingerprint density at radius 1 is 1.17 bits per heavy atom. The van der Waals surface area contributed by atoms with Crippen LogP contribution in [0.5, 0.6) is 0 Å². The molecule has 0 atom stereocenters. The molecule has 4 heteroatoms. The molecule has 0 aliphatic heterocycles. The van der Waals surface area contributed by atoms with Crippen molar-refractivity contribution < 1.29 is 0 Å². The minimum absolute atomic E-state index is 0.282. The smallest absolute Gasteiger partial charge is 0.149 e. The summed E-state index contributed by atoms with van der Waals surface area (Å²) in [4.78, 5) is 9.08. The average molecular weight is 304 g/mol. The summed E-state index contributed by atoms with van der Waals surface area (Å²) in [7, 11) is 0. The van der Waals surface area contributed by atoms with Gasteiger partial charge in [0, 0.05) is 15.7 Å². The molecule has 2 aromatic rings. The van der Waals surface area contributed by atoms with Crippen LogP contribution in [-0.4, -0.2) is 9.97 Å². The average Bonchev–Trinajstić information content (AvgIpc) is 3.09. The third kappa shape index (κ3) is 2.18. The van der Waals surface area contributed by atoms with E-state index in [1.165, 1.54) is 0 Å². The van der Waals surface area contributed by atoms with E-state index in [1.807, 2.05) is 37.3 Å². The van der Waals surface area contributed by atoms with E-state index in [1.54, 1.807) is 0 Å². The molecule has 0 saturated heterocycles. The van der Waals surface area contributed by atoms with Gasteiger partial charge < -0.3 is 5.73 Å². The first-order valence-corrected chi connectivity index (χ1v) is 6.77. The number of hydrogen-bond acceptors (Lipinski definition) is 3. The first-order chi connectivity index (χ1) is 8.57. The highest BCUT2D eigenvalue weighted by atomic mass is 79.9. The van der Waals surface area contributed by atoms with Crippen LogP contribution in [0.4, 0.5) is 0 Å². The molecule has 0 radical (unpaired) electrons. The molecule has 18 heavy (non-hydrogen) atoms. The largest absolute Gasteiger partial charge is 0.319 e. The molecule has 1 aliphatic rings. The van der Waals surface area contributed by atoms with Crippen LogP contribution in [-0.2, 0) is 5.54 Å². The van der Waals surface area contributed by atoms with Gasteiger partial charge in [0.25, 0.3) is 0 Å². The molecule has 1 aliphatic carbocycles. The normalized spacial score (nSPS) is 16.6. The van der Waals surface area contributed by atoms with Gasteiger partial charge in [0.1, 0.15) is 5.82 Å². The molecule has 1 aromatic heterocycles. The standard InChI is InChI=1S/C14H14BrN3/c1-9-8-12(10-2-4-11(15)5-3-10)18-13(17-9)14(16)6-7-14/h2-5,8H,6-7,16H2,1H3. The third-order valence-electron chi connectivity index (χ3n) is 3.23.